The first-order valence-corrected chi connectivity index (χ1v) is 9.12. The van der Waals surface area contributed by atoms with Crippen LogP contribution in [0.4, 0.5) is 0 Å². The van der Waals surface area contributed by atoms with Crippen molar-refractivity contribution in [2.24, 2.45) is 0 Å². The van der Waals surface area contributed by atoms with Gasteiger partial charge in [-0.3, -0.25) is 0 Å². The third-order valence-corrected chi connectivity index (χ3v) is 4.18. The van der Waals surface area contributed by atoms with E-state index in [1.54, 1.807) is 18.2 Å². The Morgan fingerprint density at radius 2 is 1.89 bits per heavy atom. The van der Waals surface area contributed by atoms with E-state index in [0.29, 0.717) is 42.6 Å². The van der Waals surface area contributed by atoms with Gasteiger partial charge >= 0.3 is 5.97 Å². The average Bonchev–Trinajstić information content (AvgIpc) is 3.09. The van der Waals surface area contributed by atoms with Crippen LogP contribution < -0.4 is 9.47 Å². The molecule has 0 atom stereocenters. The molecule has 146 valence electrons. The Morgan fingerprint density at radius 1 is 1.11 bits per heavy atom. The van der Waals surface area contributed by atoms with Crippen molar-refractivity contribution in [3.63, 3.8) is 0 Å². The molecule has 6 nitrogen and oxygen atoms in total. The lowest BCUT2D eigenvalue weighted by atomic mass is 10.2. The third-order valence-electron chi connectivity index (χ3n) is 4.18. The highest BCUT2D eigenvalue weighted by atomic mass is 16.5. The van der Waals surface area contributed by atoms with Crippen LogP contribution in [0.1, 0.15) is 28.7 Å². The number of methoxy groups -OCH3 is 1. The van der Waals surface area contributed by atoms with Gasteiger partial charge in [0.1, 0.15) is 22.8 Å². The predicted molar refractivity (Wildman–Crippen MR) is 105 cm³/mol. The molecule has 0 saturated heterocycles. The minimum atomic E-state index is -0.443. The van der Waals surface area contributed by atoms with Crippen molar-refractivity contribution in [1.82, 2.24) is 4.98 Å². The van der Waals surface area contributed by atoms with Gasteiger partial charge in [-0.2, -0.15) is 0 Å². The Bertz CT molecular complexity index is 933. The van der Waals surface area contributed by atoms with Gasteiger partial charge in [0, 0.05) is 18.1 Å². The largest absolute Gasteiger partial charge is 0.493 e. The molecule has 0 saturated carbocycles. The van der Waals surface area contributed by atoms with E-state index < -0.39 is 5.97 Å². The fourth-order valence-corrected chi connectivity index (χ4v) is 2.78. The van der Waals surface area contributed by atoms with Crippen molar-refractivity contribution < 1.29 is 23.4 Å². The number of hydrogen-bond acceptors (Lipinski definition) is 6. The van der Waals surface area contributed by atoms with Crippen LogP contribution in [0, 0.1) is 6.92 Å². The Morgan fingerprint density at radius 3 is 2.61 bits per heavy atom. The van der Waals surface area contributed by atoms with Crippen molar-refractivity contribution in [2.45, 2.75) is 20.3 Å². The number of hydrogen-bond donors (Lipinski definition) is 0. The number of aryl methyl sites for hydroxylation is 1. The maximum Gasteiger partial charge on any atom is 0.341 e. The molecule has 0 spiro atoms. The van der Waals surface area contributed by atoms with E-state index in [2.05, 4.69) is 4.98 Å². The number of ether oxygens (including phenoxy) is 3. The molecule has 0 fully saturated rings. The van der Waals surface area contributed by atoms with Crippen LogP contribution in [0.5, 0.6) is 11.5 Å². The zero-order valence-electron chi connectivity index (χ0n) is 16.2. The van der Waals surface area contributed by atoms with Crippen LogP contribution in [0.15, 0.2) is 52.9 Å². The molecule has 28 heavy (non-hydrogen) atoms. The zero-order chi connectivity index (χ0) is 19.9. The van der Waals surface area contributed by atoms with Gasteiger partial charge in [0.25, 0.3) is 0 Å². The van der Waals surface area contributed by atoms with Gasteiger partial charge in [-0.15, -0.1) is 0 Å². The third kappa shape index (κ3) is 4.52. The molecule has 0 aliphatic carbocycles. The molecule has 1 heterocycles. The molecule has 6 heteroatoms. The number of carbonyl (C=O) groups is 1. The lowest BCUT2D eigenvalue weighted by molar-refractivity contribution is 0.0596. The van der Waals surface area contributed by atoms with E-state index in [0.717, 1.165) is 17.0 Å². The summed E-state index contributed by atoms with van der Waals surface area (Å²) in [6.45, 7) is 4.61. The Kier molecular flexibility index (Phi) is 6.32. The second-order valence-electron chi connectivity index (χ2n) is 6.07. The van der Waals surface area contributed by atoms with Crippen molar-refractivity contribution in [1.29, 1.82) is 0 Å². The normalized spacial score (nSPS) is 10.5. The molecule has 0 radical (unpaired) electrons. The Balaban J connectivity index is 1.66. The van der Waals surface area contributed by atoms with Crippen molar-refractivity contribution in [3.8, 4) is 23.0 Å². The van der Waals surface area contributed by atoms with Crippen LogP contribution in [-0.4, -0.2) is 31.3 Å². The van der Waals surface area contributed by atoms with Gasteiger partial charge in [0.2, 0.25) is 5.89 Å². The summed E-state index contributed by atoms with van der Waals surface area (Å²) in [5, 5.41) is 0. The topological polar surface area (TPSA) is 70.8 Å². The van der Waals surface area contributed by atoms with Gasteiger partial charge in [-0.05, 0) is 38.1 Å². The maximum atomic E-state index is 11.8. The van der Waals surface area contributed by atoms with E-state index >= 15 is 0 Å². The van der Waals surface area contributed by atoms with Crippen molar-refractivity contribution >= 4 is 5.97 Å². The highest BCUT2D eigenvalue weighted by Crippen LogP contribution is 2.26. The summed E-state index contributed by atoms with van der Waals surface area (Å²) >= 11 is 0. The molecule has 3 aromatic rings. The summed E-state index contributed by atoms with van der Waals surface area (Å²) in [4.78, 5) is 16.4. The lowest BCUT2D eigenvalue weighted by Gasteiger charge is -2.11. The van der Waals surface area contributed by atoms with Crippen LogP contribution in [-0.2, 0) is 11.2 Å². The quantitative estimate of drug-likeness (QED) is 0.537. The van der Waals surface area contributed by atoms with E-state index in [9.17, 15) is 4.79 Å². The maximum absolute atomic E-state index is 11.8. The number of carbonyl (C=O) groups excluding carboxylic acids is 1. The van der Waals surface area contributed by atoms with E-state index in [4.69, 9.17) is 18.6 Å². The number of benzene rings is 2. The molecule has 0 N–H and O–H groups in total. The first-order valence-electron chi connectivity index (χ1n) is 9.12. The Labute approximate surface area is 164 Å². The number of esters is 1. The summed E-state index contributed by atoms with van der Waals surface area (Å²) < 4.78 is 21.9. The van der Waals surface area contributed by atoms with Gasteiger partial charge < -0.3 is 18.6 Å². The average molecular weight is 381 g/mol. The second kappa shape index (κ2) is 9.08. The zero-order valence-corrected chi connectivity index (χ0v) is 16.2. The summed E-state index contributed by atoms with van der Waals surface area (Å²) in [5.74, 6) is 1.99. The van der Waals surface area contributed by atoms with E-state index in [1.807, 2.05) is 44.2 Å². The van der Waals surface area contributed by atoms with Crippen LogP contribution in [0.25, 0.3) is 11.5 Å². The van der Waals surface area contributed by atoms with Crippen LogP contribution in [0.3, 0.4) is 0 Å². The first kappa shape index (κ1) is 19.5. The fraction of sp³-hybridized carbons (Fsp3) is 0.273. The standard InChI is InChI=1S/C22H23NO5/c1-4-26-20-14-17(10-11-18(20)22(24)25-3)27-13-12-19-15(2)28-21(23-19)16-8-6-5-7-9-16/h5-11,14H,4,12-13H2,1-3H3. The lowest BCUT2D eigenvalue weighted by Crippen LogP contribution is -2.07. The minimum absolute atomic E-state index is 0.372. The molecule has 0 bridgehead atoms. The molecule has 0 amide bonds. The predicted octanol–water partition coefficient (Wildman–Crippen LogP) is 4.46. The van der Waals surface area contributed by atoms with Gasteiger partial charge in [-0.25, -0.2) is 9.78 Å². The monoisotopic (exact) mass is 381 g/mol. The van der Waals surface area contributed by atoms with Crippen molar-refractivity contribution in [3.05, 3.63) is 65.5 Å². The molecule has 0 aliphatic rings. The Hall–Kier alpha value is -3.28. The summed E-state index contributed by atoms with van der Waals surface area (Å²) in [6.07, 6.45) is 0.602. The molecular formula is C22H23NO5. The first-order chi connectivity index (χ1) is 13.6. The molecule has 0 unspecified atom stereocenters. The minimum Gasteiger partial charge on any atom is -0.493 e. The summed E-state index contributed by atoms with van der Waals surface area (Å²) in [7, 11) is 1.34. The highest BCUT2D eigenvalue weighted by molar-refractivity contribution is 5.92. The SMILES string of the molecule is CCOc1cc(OCCc2nc(-c3ccccc3)oc2C)ccc1C(=O)OC. The van der Waals surface area contributed by atoms with Crippen LogP contribution in [0.2, 0.25) is 0 Å². The molecule has 0 aliphatic heterocycles. The van der Waals surface area contributed by atoms with Gasteiger partial charge in [-0.1, -0.05) is 18.2 Å². The highest BCUT2D eigenvalue weighted by Gasteiger charge is 2.15. The number of aromatic nitrogens is 1. The van der Waals surface area contributed by atoms with Gasteiger partial charge in [0.05, 0.1) is 26.0 Å². The number of rotatable bonds is 8. The van der Waals surface area contributed by atoms with Crippen molar-refractivity contribution in [2.75, 3.05) is 20.3 Å². The molecular weight excluding hydrogens is 358 g/mol. The molecule has 3 rings (SSSR count). The molecule has 1 aromatic heterocycles. The van der Waals surface area contributed by atoms with Gasteiger partial charge in [0.15, 0.2) is 0 Å². The number of oxazole rings is 1. The number of nitrogens with zero attached hydrogens (tertiary/aromatic N) is 1. The van der Waals surface area contributed by atoms with Crippen LogP contribution >= 0.6 is 0 Å². The smallest absolute Gasteiger partial charge is 0.341 e. The summed E-state index contributed by atoms with van der Waals surface area (Å²) in [5.41, 5.74) is 2.17. The summed E-state index contributed by atoms with van der Waals surface area (Å²) in [6, 6.07) is 14.8. The molecule has 2 aromatic carbocycles. The van der Waals surface area contributed by atoms with E-state index in [1.165, 1.54) is 7.11 Å². The fourth-order valence-electron chi connectivity index (χ4n) is 2.78. The van der Waals surface area contributed by atoms with E-state index in [-0.39, 0.29) is 0 Å². The second-order valence-corrected chi connectivity index (χ2v) is 6.07.